The summed E-state index contributed by atoms with van der Waals surface area (Å²) in [6.45, 7) is 6.04. The van der Waals surface area contributed by atoms with E-state index >= 15 is 0 Å². The van der Waals surface area contributed by atoms with Crippen LogP contribution in [0.25, 0.3) is 0 Å². The number of benzene rings is 1. The van der Waals surface area contributed by atoms with Gasteiger partial charge in [0, 0.05) is 29.8 Å². The molecule has 1 saturated heterocycles. The van der Waals surface area contributed by atoms with Crippen molar-refractivity contribution >= 4 is 11.6 Å². The van der Waals surface area contributed by atoms with Crippen LogP contribution in [0, 0.1) is 0 Å². The number of ether oxygens (including phenoxy) is 2. The minimum atomic E-state index is 0.0499. The summed E-state index contributed by atoms with van der Waals surface area (Å²) >= 11 is 6.08. The van der Waals surface area contributed by atoms with E-state index in [0.29, 0.717) is 6.04 Å². The highest BCUT2D eigenvalue weighted by atomic mass is 35.5. The Bertz CT molecular complexity index is 460. The fourth-order valence-corrected chi connectivity index (χ4v) is 3.28. The maximum absolute atomic E-state index is 6.08. The predicted octanol–water partition coefficient (Wildman–Crippen LogP) is 4.18. The fourth-order valence-electron chi connectivity index (χ4n) is 3.08. The van der Waals surface area contributed by atoms with Crippen molar-refractivity contribution in [2.75, 3.05) is 13.7 Å². The van der Waals surface area contributed by atoms with Gasteiger partial charge in [-0.3, -0.25) is 0 Å². The molecule has 118 valence electrons. The average molecular weight is 312 g/mol. The van der Waals surface area contributed by atoms with Crippen LogP contribution in [-0.2, 0) is 11.3 Å². The number of methoxy groups -OCH3 is 1. The van der Waals surface area contributed by atoms with Crippen LogP contribution < -0.4 is 10.1 Å². The van der Waals surface area contributed by atoms with E-state index in [1.54, 1.807) is 7.11 Å². The Kier molecular flexibility index (Phi) is 5.91. The standard InChI is InChI=1S/C17H26ClNO2/c1-4-17(5-2)11-15(8-9-21-17)19-12-13-10-14(18)6-7-16(13)20-3/h6-7,10,15,19H,4-5,8-9,11-12H2,1-3H3. The number of nitrogens with one attached hydrogen (secondary N) is 1. The van der Waals surface area contributed by atoms with Crippen LogP contribution in [0.5, 0.6) is 5.75 Å². The summed E-state index contributed by atoms with van der Waals surface area (Å²) in [6, 6.07) is 6.24. The van der Waals surface area contributed by atoms with Crippen molar-refractivity contribution in [2.45, 2.75) is 57.7 Å². The molecule has 0 aliphatic carbocycles. The SMILES string of the molecule is CCC1(CC)CC(NCc2cc(Cl)ccc2OC)CCO1. The highest BCUT2D eigenvalue weighted by molar-refractivity contribution is 6.30. The molecule has 0 amide bonds. The lowest BCUT2D eigenvalue weighted by Crippen LogP contribution is -2.46. The first-order valence-electron chi connectivity index (χ1n) is 7.82. The van der Waals surface area contributed by atoms with Gasteiger partial charge in [0.25, 0.3) is 0 Å². The molecule has 2 rings (SSSR count). The normalized spacial score (nSPS) is 21.2. The van der Waals surface area contributed by atoms with Gasteiger partial charge in [-0.25, -0.2) is 0 Å². The summed E-state index contributed by atoms with van der Waals surface area (Å²) < 4.78 is 11.4. The molecule has 3 nitrogen and oxygen atoms in total. The zero-order chi connectivity index (χ0) is 15.3. The zero-order valence-corrected chi connectivity index (χ0v) is 14.0. The third-order valence-electron chi connectivity index (χ3n) is 4.61. The Labute approximate surface area is 133 Å². The summed E-state index contributed by atoms with van der Waals surface area (Å²) in [5, 5.41) is 4.39. The summed E-state index contributed by atoms with van der Waals surface area (Å²) in [5.74, 6) is 0.885. The van der Waals surface area contributed by atoms with Gasteiger partial charge in [0.15, 0.2) is 0 Å². The van der Waals surface area contributed by atoms with Gasteiger partial charge in [0.1, 0.15) is 5.75 Å². The predicted molar refractivity (Wildman–Crippen MR) is 87.1 cm³/mol. The summed E-state index contributed by atoms with van der Waals surface area (Å²) in [4.78, 5) is 0. The molecule has 0 bridgehead atoms. The van der Waals surface area contributed by atoms with E-state index in [2.05, 4.69) is 19.2 Å². The van der Waals surface area contributed by atoms with Crippen molar-refractivity contribution in [1.82, 2.24) is 5.32 Å². The molecule has 1 unspecified atom stereocenters. The van der Waals surface area contributed by atoms with Crippen LogP contribution in [0.15, 0.2) is 18.2 Å². The fraction of sp³-hybridized carbons (Fsp3) is 0.647. The molecule has 1 aliphatic heterocycles. The third kappa shape index (κ3) is 4.12. The van der Waals surface area contributed by atoms with Gasteiger partial charge >= 0.3 is 0 Å². The quantitative estimate of drug-likeness (QED) is 0.855. The zero-order valence-electron chi connectivity index (χ0n) is 13.2. The Balaban J connectivity index is 1.98. The first-order chi connectivity index (χ1) is 10.1. The molecule has 1 heterocycles. The first-order valence-corrected chi connectivity index (χ1v) is 8.20. The molecule has 1 aromatic rings. The molecule has 0 spiro atoms. The molecule has 1 aliphatic rings. The molecule has 21 heavy (non-hydrogen) atoms. The molecule has 0 aromatic heterocycles. The van der Waals surface area contributed by atoms with Crippen molar-refractivity contribution in [3.05, 3.63) is 28.8 Å². The molecule has 0 radical (unpaired) electrons. The van der Waals surface area contributed by atoms with Crippen molar-refractivity contribution in [1.29, 1.82) is 0 Å². The highest BCUT2D eigenvalue weighted by Crippen LogP contribution is 2.32. The maximum atomic E-state index is 6.08. The van der Waals surface area contributed by atoms with Crippen molar-refractivity contribution in [2.24, 2.45) is 0 Å². The lowest BCUT2D eigenvalue weighted by molar-refractivity contribution is -0.0932. The first kappa shape index (κ1) is 16.6. The highest BCUT2D eigenvalue weighted by Gasteiger charge is 2.34. The van der Waals surface area contributed by atoms with Crippen LogP contribution in [-0.4, -0.2) is 25.4 Å². The second-order valence-corrected chi connectivity index (χ2v) is 6.20. The summed E-state index contributed by atoms with van der Waals surface area (Å²) in [6.07, 6.45) is 4.28. The minimum absolute atomic E-state index is 0.0499. The molecule has 4 heteroatoms. The molecule has 1 N–H and O–H groups in total. The second-order valence-electron chi connectivity index (χ2n) is 5.77. The van der Waals surface area contributed by atoms with Crippen molar-refractivity contribution < 1.29 is 9.47 Å². The number of hydrogen-bond acceptors (Lipinski definition) is 3. The third-order valence-corrected chi connectivity index (χ3v) is 4.84. The van der Waals surface area contributed by atoms with Gasteiger partial charge in [0.05, 0.1) is 12.7 Å². The number of rotatable bonds is 6. The van der Waals surface area contributed by atoms with Crippen LogP contribution in [0.1, 0.15) is 45.1 Å². The summed E-state index contributed by atoms with van der Waals surface area (Å²) in [7, 11) is 1.69. The van der Waals surface area contributed by atoms with Gasteiger partial charge in [-0.05, 0) is 43.9 Å². The lowest BCUT2D eigenvalue weighted by Gasteiger charge is -2.40. The van der Waals surface area contributed by atoms with E-state index in [0.717, 1.165) is 55.2 Å². The Morgan fingerprint density at radius 1 is 1.38 bits per heavy atom. The van der Waals surface area contributed by atoms with Crippen molar-refractivity contribution in [3.63, 3.8) is 0 Å². The largest absolute Gasteiger partial charge is 0.496 e. The van der Waals surface area contributed by atoms with E-state index in [4.69, 9.17) is 21.1 Å². The number of hydrogen-bond donors (Lipinski definition) is 1. The van der Waals surface area contributed by atoms with E-state index < -0.39 is 0 Å². The van der Waals surface area contributed by atoms with Gasteiger partial charge in [0.2, 0.25) is 0 Å². The summed E-state index contributed by atoms with van der Waals surface area (Å²) in [5.41, 5.74) is 1.16. The Hall–Kier alpha value is -0.770. The Morgan fingerprint density at radius 2 is 2.14 bits per heavy atom. The topological polar surface area (TPSA) is 30.5 Å². The van der Waals surface area contributed by atoms with Crippen LogP contribution in [0.2, 0.25) is 5.02 Å². The number of halogens is 1. The maximum Gasteiger partial charge on any atom is 0.123 e. The van der Waals surface area contributed by atoms with Gasteiger partial charge in [-0.15, -0.1) is 0 Å². The van der Waals surface area contributed by atoms with Gasteiger partial charge in [-0.1, -0.05) is 25.4 Å². The van der Waals surface area contributed by atoms with E-state index in [9.17, 15) is 0 Å². The smallest absolute Gasteiger partial charge is 0.123 e. The molecule has 1 aromatic carbocycles. The van der Waals surface area contributed by atoms with E-state index in [1.165, 1.54) is 0 Å². The molecular weight excluding hydrogens is 286 g/mol. The van der Waals surface area contributed by atoms with Crippen LogP contribution in [0.3, 0.4) is 0 Å². The second kappa shape index (κ2) is 7.48. The molecule has 1 fully saturated rings. The lowest BCUT2D eigenvalue weighted by atomic mass is 9.86. The monoisotopic (exact) mass is 311 g/mol. The molecule has 1 atom stereocenters. The van der Waals surface area contributed by atoms with Gasteiger partial charge < -0.3 is 14.8 Å². The van der Waals surface area contributed by atoms with E-state index in [1.807, 2.05) is 18.2 Å². The average Bonchev–Trinajstić information content (AvgIpc) is 2.53. The van der Waals surface area contributed by atoms with Crippen LogP contribution in [0.4, 0.5) is 0 Å². The molecular formula is C17H26ClNO2. The molecule has 0 saturated carbocycles. The van der Waals surface area contributed by atoms with E-state index in [-0.39, 0.29) is 5.60 Å². The minimum Gasteiger partial charge on any atom is -0.496 e. The van der Waals surface area contributed by atoms with Crippen LogP contribution >= 0.6 is 11.6 Å². The van der Waals surface area contributed by atoms with Crippen molar-refractivity contribution in [3.8, 4) is 5.75 Å². The van der Waals surface area contributed by atoms with Gasteiger partial charge in [-0.2, -0.15) is 0 Å². The Morgan fingerprint density at radius 3 is 2.81 bits per heavy atom.